The summed E-state index contributed by atoms with van der Waals surface area (Å²) in [6, 6.07) is 0.242. The third-order valence-electron chi connectivity index (χ3n) is 4.82. The molecule has 0 bridgehead atoms. The molecule has 0 aliphatic rings. The van der Waals surface area contributed by atoms with Crippen molar-refractivity contribution in [3.05, 3.63) is 12.2 Å². The Hall–Kier alpha value is -0.340. The van der Waals surface area contributed by atoms with Crippen LogP contribution in [0.3, 0.4) is 0 Å². The molecule has 0 aromatic heterocycles. The average molecular weight is 354 g/mol. The standard InChI is InChI=1S/C23H47NO/c1-3-5-7-9-11-12-13-15-17-19-21-25-22-23(24)20-18-16-14-10-8-6-4-2/h5,7,23H,3-4,6,8-22,24H2,1-2H3/b7-5-/t23-/m0/s1. The molecule has 0 rings (SSSR count). The molecule has 25 heavy (non-hydrogen) atoms. The quantitative estimate of drug-likeness (QED) is 0.186. The normalized spacial score (nSPS) is 12.9. The summed E-state index contributed by atoms with van der Waals surface area (Å²) in [7, 11) is 0. The lowest BCUT2D eigenvalue weighted by Crippen LogP contribution is -2.26. The number of unbranched alkanes of at least 4 members (excludes halogenated alkanes) is 12. The van der Waals surface area contributed by atoms with Gasteiger partial charge >= 0.3 is 0 Å². The summed E-state index contributed by atoms with van der Waals surface area (Å²) < 4.78 is 5.74. The Bertz CT molecular complexity index is 265. The van der Waals surface area contributed by atoms with E-state index < -0.39 is 0 Å². The Morgan fingerprint density at radius 1 is 0.720 bits per heavy atom. The molecule has 2 N–H and O–H groups in total. The van der Waals surface area contributed by atoms with E-state index in [2.05, 4.69) is 26.0 Å². The second kappa shape index (κ2) is 21.7. The van der Waals surface area contributed by atoms with Gasteiger partial charge in [0.1, 0.15) is 0 Å². The van der Waals surface area contributed by atoms with Crippen LogP contribution in [0.25, 0.3) is 0 Å². The van der Waals surface area contributed by atoms with E-state index in [0.29, 0.717) is 0 Å². The highest BCUT2D eigenvalue weighted by molar-refractivity contribution is 4.79. The number of allylic oxidation sites excluding steroid dienone is 2. The highest BCUT2D eigenvalue weighted by Gasteiger charge is 2.02. The van der Waals surface area contributed by atoms with Crippen LogP contribution in [0, 0.1) is 0 Å². The van der Waals surface area contributed by atoms with Gasteiger partial charge in [-0.3, -0.25) is 0 Å². The maximum atomic E-state index is 6.14. The van der Waals surface area contributed by atoms with E-state index in [1.54, 1.807) is 0 Å². The van der Waals surface area contributed by atoms with Crippen molar-refractivity contribution in [2.24, 2.45) is 5.73 Å². The molecule has 2 heteroatoms. The van der Waals surface area contributed by atoms with Crippen molar-refractivity contribution >= 4 is 0 Å². The summed E-state index contributed by atoms with van der Waals surface area (Å²) in [6.07, 6.45) is 25.6. The van der Waals surface area contributed by atoms with Gasteiger partial charge in [-0.25, -0.2) is 0 Å². The van der Waals surface area contributed by atoms with Crippen molar-refractivity contribution in [2.75, 3.05) is 13.2 Å². The first-order chi connectivity index (χ1) is 12.3. The van der Waals surface area contributed by atoms with Crippen LogP contribution in [0.15, 0.2) is 12.2 Å². The monoisotopic (exact) mass is 353 g/mol. The fraction of sp³-hybridized carbons (Fsp3) is 0.913. The van der Waals surface area contributed by atoms with Crippen LogP contribution >= 0.6 is 0 Å². The Balaban J connectivity index is 3.14. The molecule has 0 saturated carbocycles. The van der Waals surface area contributed by atoms with E-state index >= 15 is 0 Å². The highest BCUT2D eigenvalue weighted by atomic mass is 16.5. The molecule has 0 fully saturated rings. The minimum atomic E-state index is 0.242. The Morgan fingerprint density at radius 3 is 2.00 bits per heavy atom. The van der Waals surface area contributed by atoms with Gasteiger partial charge < -0.3 is 10.5 Å². The summed E-state index contributed by atoms with van der Waals surface area (Å²) in [5.74, 6) is 0. The maximum absolute atomic E-state index is 6.14. The number of nitrogens with two attached hydrogens (primary N) is 1. The lowest BCUT2D eigenvalue weighted by Gasteiger charge is -2.12. The van der Waals surface area contributed by atoms with Gasteiger partial charge in [0.25, 0.3) is 0 Å². The molecule has 1 atom stereocenters. The third kappa shape index (κ3) is 21.6. The van der Waals surface area contributed by atoms with Crippen LogP contribution in [0.2, 0.25) is 0 Å². The van der Waals surface area contributed by atoms with Crippen LogP contribution in [0.1, 0.15) is 117 Å². The SMILES string of the molecule is CC/C=C\CCCCCCCCOC[C@@H](N)CCCCCCCCC. The molecule has 0 saturated heterocycles. The minimum Gasteiger partial charge on any atom is -0.380 e. The van der Waals surface area contributed by atoms with Crippen LogP contribution < -0.4 is 5.73 Å². The van der Waals surface area contributed by atoms with Gasteiger partial charge in [-0.05, 0) is 32.1 Å². The molecule has 0 aliphatic carbocycles. The van der Waals surface area contributed by atoms with E-state index in [0.717, 1.165) is 19.6 Å². The zero-order chi connectivity index (χ0) is 18.4. The van der Waals surface area contributed by atoms with Gasteiger partial charge in [0.2, 0.25) is 0 Å². The van der Waals surface area contributed by atoms with Crippen molar-refractivity contribution in [2.45, 2.75) is 123 Å². The number of hydrogen-bond donors (Lipinski definition) is 1. The molecule has 0 unspecified atom stereocenters. The molecule has 0 spiro atoms. The van der Waals surface area contributed by atoms with Gasteiger partial charge in [0.15, 0.2) is 0 Å². The average Bonchev–Trinajstić information content (AvgIpc) is 2.62. The van der Waals surface area contributed by atoms with E-state index in [9.17, 15) is 0 Å². The lowest BCUT2D eigenvalue weighted by molar-refractivity contribution is 0.114. The molecular formula is C23H47NO. The summed E-state index contributed by atoms with van der Waals surface area (Å²) in [5, 5.41) is 0. The lowest BCUT2D eigenvalue weighted by atomic mass is 10.1. The first kappa shape index (κ1) is 24.7. The largest absolute Gasteiger partial charge is 0.380 e. The zero-order valence-corrected chi connectivity index (χ0v) is 17.4. The molecule has 0 aromatic carbocycles. The van der Waals surface area contributed by atoms with E-state index in [4.69, 9.17) is 10.5 Å². The molecule has 2 nitrogen and oxygen atoms in total. The van der Waals surface area contributed by atoms with E-state index in [-0.39, 0.29) is 6.04 Å². The number of ether oxygens (including phenoxy) is 1. The summed E-state index contributed by atoms with van der Waals surface area (Å²) in [4.78, 5) is 0. The number of rotatable bonds is 20. The molecule has 0 aromatic rings. The summed E-state index contributed by atoms with van der Waals surface area (Å²) in [5.41, 5.74) is 6.14. The van der Waals surface area contributed by atoms with Gasteiger partial charge in [0.05, 0.1) is 6.61 Å². The molecular weight excluding hydrogens is 306 g/mol. The summed E-state index contributed by atoms with van der Waals surface area (Å²) in [6.45, 7) is 6.11. The van der Waals surface area contributed by atoms with Crippen molar-refractivity contribution in [3.8, 4) is 0 Å². The Labute approximate surface area is 159 Å². The van der Waals surface area contributed by atoms with Crippen LogP contribution in [0.5, 0.6) is 0 Å². The first-order valence-electron chi connectivity index (χ1n) is 11.3. The van der Waals surface area contributed by atoms with Crippen LogP contribution in [-0.2, 0) is 4.74 Å². The van der Waals surface area contributed by atoms with E-state index in [1.807, 2.05) is 0 Å². The molecule has 0 heterocycles. The predicted octanol–water partition coefficient (Wildman–Crippen LogP) is 7.17. The Morgan fingerprint density at radius 2 is 1.32 bits per heavy atom. The van der Waals surface area contributed by atoms with Gasteiger partial charge in [0, 0.05) is 12.6 Å². The maximum Gasteiger partial charge on any atom is 0.0617 e. The van der Waals surface area contributed by atoms with Gasteiger partial charge in [-0.2, -0.15) is 0 Å². The highest BCUT2D eigenvalue weighted by Crippen LogP contribution is 2.10. The van der Waals surface area contributed by atoms with Crippen LogP contribution in [0.4, 0.5) is 0 Å². The third-order valence-corrected chi connectivity index (χ3v) is 4.82. The van der Waals surface area contributed by atoms with Gasteiger partial charge in [-0.1, -0.05) is 96.6 Å². The predicted molar refractivity (Wildman–Crippen MR) is 113 cm³/mol. The van der Waals surface area contributed by atoms with Crippen molar-refractivity contribution in [1.82, 2.24) is 0 Å². The Kier molecular flexibility index (Phi) is 21.4. The van der Waals surface area contributed by atoms with Gasteiger partial charge in [-0.15, -0.1) is 0 Å². The zero-order valence-electron chi connectivity index (χ0n) is 17.4. The minimum absolute atomic E-state index is 0.242. The second-order valence-corrected chi connectivity index (χ2v) is 7.53. The number of hydrogen-bond acceptors (Lipinski definition) is 2. The smallest absolute Gasteiger partial charge is 0.0617 e. The van der Waals surface area contributed by atoms with Crippen LogP contribution in [-0.4, -0.2) is 19.3 Å². The van der Waals surface area contributed by atoms with E-state index in [1.165, 1.54) is 96.3 Å². The van der Waals surface area contributed by atoms with Crippen molar-refractivity contribution in [1.29, 1.82) is 0 Å². The van der Waals surface area contributed by atoms with Crippen molar-refractivity contribution in [3.63, 3.8) is 0 Å². The fourth-order valence-electron chi connectivity index (χ4n) is 3.14. The van der Waals surface area contributed by atoms with Crippen molar-refractivity contribution < 1.29 is 4.74 Å². The second-order valence-electron chi connectivity index (χ2n) is 7.53. The molecule has 0 amide bonds. The molecule has 0 aliphatic heterocycles. The fourth-order valence-corrected chi connectivity index (χ4v) is 3.14. The topological polar surface area (TPSA) is 35.2 Å². The first-order valence-corrected chi connectivity index (χ1v) is 11.3. The molecule has 0 radical (unpaired) electrons. The molecule has 150 valence electrons. The summed E-state index contributed by atoms with van der Waals surface area (Å²) >= 11 is 0.